The van der Waals surface area contributed by atoms with Crippen molar-refractivity contribution in [2.45, 2.75) is 51.4 Å². The largest absolute Gasteiger partial charge is 0.468 e. The molecule has 100 valence electrons. The zero-order valence-electron chi connectivity index (χ0n) is 10.7. The molecule has 2 N–H and O–H groups in total. The van der Waals surface area contributed by atoms with E-state index in [1.54, 1.807) is 20.8 Å². The smallest absolute Gasteiger partial charge is 0.323 e. The second-order valence-corrected chi connectivity index (χ2v) is 5.18. The molecule has 0 radical (unpaired) electrons. The molecule has 0 aromatic heterocycles. The lowest BCUT2D eigenvalue weighted by Crippen LogP contribution is -2.47. The van der Waals surface area contributed by atoms with E-state index in [4.69, 9.17) is 4.74 Å². The van der Waals surface area contributed by atoms with Gasteiger partial charge in [0.05, 0.1) is 18.8 Å². The minimum absolute atomic E-state index is 0.191. The van der Waals surface area contributed by atoms with Crippen LogP contribution in [-0.2, 0) is 14.3 Å². The van der Waals surface area contributed by atoms with Crippen LogP contribution in [0, 0.1) is 0 Å². The number of hydrogen-bond acceptors (Lipinski definition) is 6. The Morgan fingerprint density at radius 2 is 2.06 bits per heavy atom. The Kier molecular flexibility index (Phi) is 4.48. The molecule has 17 heavy (non-hydrogen) atoms. The molecule has 1 saturated heterocycles. The van der Waals surface area contributed by atoms with E-state index in [9.17, 15) is 15.0 Å². The molecular weight excluding hydrogens is 226 g/mol. The topological polar surface area (TPSA) is 79.2 Å². The maximum absolute atomic E-state index is 11.5. The van der Waals surface area contributed by atoms with E-state index in [0.29, 0.717) is 0 Å². The summed E-state index contributed by atoms with van der Waals surface area (Å²) in [6, 6.07) is -0.660. The number of nitrogens with zero attached hydrogens (tertiary/aromatic N) is 1. The van der Waals surface area contributed by atoms with Crippen molar-refractivity contribution in [3.05, 3.63) is 0 Å². The summed E-state index contributed by atoms with van der Waals surface area (Å²) in [7, 11) is 1.28. The van der Waals surface area contributed by atoms with Crippen LogP contribution in [0.5, 0.6) is 0 Å². The lowest BCUT2D eigenvalue weighted by molar-refractivity contribution is -0.244. The molecule has 0 spiro atoms. The lowest BCUT2D eigenvalue weighted by atomic mass is 10.2. The van der Waals surface area contributed by atoms with Crippen molar-refractivity contribution < 1.29 is 24.5 Å². The number of rotatable bonds is 3. The SMILES string of the molecule is COC(=O)C1CC(O)CN1C(O)OC(C)(C)C. The van der Waals surface area contributed by atoms with Crippen LogP contribution in [0.15, 0.2) is 0 Å². The van der Waals surface area contributed by atoms with Gasteiger partial charge < -0.3 is 19.7 Å². The van der Waals surface area contributed by atoms with Gasteiger partial charge in [-0.1, -0.05) is 0 Å². The molecule has 1 aliphatic rings. The van der Waals surface area contributed by atoms with Crippen molar-refractivity contribution in [2.24, 2.45) is 0 Å². The zero-order chi connectivity index (χ0) is 13.2. The van der Waals surface area contributed by atoms with Crippen LogP contribution in [0.4, 0.5) is 0 Å². The van der Waals surface area contributed by atoms with E-state index in [2.05, 4.69) is 4.74 Å². The van der Waals surface area contributed by atoms with Crippen molar-refractivity contribution in [3.8, 4) is 0 Å². The number of ether oxygens (including phenoxy) is 2. The molecule has 3 unspecified atom stereocenters. The number of β-amino-alcohol motifs (C(OH)–C–C–N with tert-alkyl or cyclic N) is 1. The third-order valence-electron chi connectivity index (χ3n) is 2.53. The predicted octanol–water partition coefficient (Wildman–Crippen LogP) is -0.314. The van der Waals surface area contributed by atoms with Crippen LogP contribution in [0.25, 0.3) is 0 Å². The number of carbonyl (C=O) groups is 1. The van der Waals surface area contributed by atoms with Crippen molar-refractivity contribution >= 4 is 5.97 Å². The molecule has 1 fully saturated rings. The molecule has 1 aliphatic heterocycles. The molecule has 1 rings (SSSR count). The average Bonchev–Trinajstić information content (AvgIpc) is 2.56. The predicted molar refractivity (Wildman–Crippen MR) is 60.0 cm³/mol. The van der Waals surface area contributed by atoms with Crippen molar-refractivity contribution in [3.63, 3.8) is 0 Å². The second-order valence-electron chi connectivity index (χ2n) is 5.18. The molecule has 0 saturated carbocycles. The standard InChI is InChI=1S/C11H21NO5/c1-11(2,3)17-10(15)12-6-7(13)5-8(12)9(14)16-4/h7-8,10,13,15H,5-6H2,1-4H3. The van der Waals surface area contributed by atoms with E-state index in [0.717, 1.165) is 0 Å². The van der Waals surface area contributed by atoms with E-state index < -0.39 is 30.1 Å². The van der Waals surface area contributed by atoms with Gasteiger partial charge in [0.15, 0.2) is 0 Å². The normalized spacial score (nSPS) is 28.1. The Bertz CT molecular complexity index is 276. The summed E-state index contributed by atoms with van der Waals surface area (Å²) in [6.45, 7) is 5.60. The van der Waals surface area contributed by atoms with Gasteiger partial charge in [-0.05, 0) is 20.8 Å². The number of likely N-dealkylation sites (tertiary alicyclic amines) is 1. The fraction of sp³-hybridized carbons (Fsp3) is 0.909. The summed E-state index contributed by atoms with van der Waals surface area (Å²) in [4.78, 5) is 12.9. The third kappa shape index (κ3) is 3.92. The van der Waals surface area contributed by atoms with Gasteiger partial charge in [0, 0.05) is 13.0 Å². The number of carbonyl (C=O) groups excluding carboxylic acids is 1. The molecule has 0 aromatic carbocycles. The van der Waals surface area contributed by atoms with Gasteiger partial charge in [0.1, 0.15) is 6.04 Å². The van der Waals surface area contributed by atoms with Gasteiger partial charge in [-0.25, -0.2) is 4.90 Å². The fourth-order valence-electron chi connectivity index (χ4n) is 1.83. The van der Waals surface area contributed by atoms with Crippen LogP contribution in [0.3, 0.4) is 0 Å². The first-order valence-corrected chi connectivity index (χ1v) is 5.62. The number of methoxy groups -OCH3 is 1. The molecule has 0 aromatic rings. The minimum atomic E-state index is -1.23. The van der Waals surface area contributed by atoms with Crippen LogP contribution in [0.1, 0.15) is 27.2 Å². The zero-order valence-corrected chi connectivity index (χ0v) is 10.7. The quantitative estimate of drug-likeness (QED) is 0.526. The highest BCUT2D eigenvalue weighted by atomic mass is 16.6. The molecule has 0 aliphatic carbocycles. The molecule has 0 amide bonds. The van der Waals surface area contributed by atoms with Crippen molar-refractivity contribution in [1.82, 2.24) is 4.90 Å². The van der Waals surface area contributed by atoms with Crippen molar-refractivity contribution in [1.29, 1.82) is 0 Å². The Morgan fingerprint density at radius 3 is 2.53 bits per heavy atom. The Labute approximate surface area is 101 Å². The summed E-state index contributed by atoms with van der Waals surface area (Å²) >= 11 is 0. The molecule has 6 heteroatoms. The first-order chi connectivity index (χ1) is 7.74. The number of aliphatic hydroxyl groups is 2. The highest BCUT2D eigenvalue weighted by Gasteiger charge is 2.41. The van der Waals surface area contributed by atoms with Gasteiger partial charge in [0.25, 0.3) is 0 Å². The summed E-state index contributed by atoms with van der Waals surface area (Å²) in [5.74, 6) is -0.474. The van der Waals surface area contributed by atoms with Gasteiger partial charge in [0.2, 0.25) is 6.41 Å². The van der Waals surface area contributed by atoms with Crippen LogP contribution >= 0.6 is 0 Å². The first-order valence-electron chi connectivity index (χ1n) is 5.62. The monoisotopic (exact) mass is 247 g/mol. The summed E-state index contributed by atoms with van der Waals surface area (Å²) in [5, 5.41) is 19.4. The second kappa shape index (κ2) is 5.30. The maximum atomic E-state index is 11.5. The van der Waals surface area contributed by atoms with Crippen LogP contribution < -0.4 is 0 Å². The van der Waals surface area contributed by atoms with Gasteiger partial charge >= 0.3 is 5.97 Å². The molecule has 6 nitrogen and oxygen atoms in total. The first kappa shape index (κ1) is 14.4. The molecular formula is C11H21NO5. The van der Waals surface area contributed by atoms with E-state index in [1.807, 2.05) is 0 Å². The molecule has 0 bridgehead atoms. The Hall–Kier alpha value is -0.690. The summed E-state index contributed by atoms with van der Waals surface area (Å²) in [5.41, 5.74) is -0.534. The number of esters is 1. The van der Waals surface area contributed by atoms with E-state index >= 15 is 0 Å². The van der Waals surface area contributed by atoms with Crippen LogP contribution in [-0.4, -0.2) is 58.9 Å². The van der Waals surface area contributed by atoms with Crippen LogP contribution in [0.2, 0.25) is 0 Å². The Balaban J connectivity index is 2.70. The van der Waals surface area contributed by atoms with E-state index in [-0.39, 0.29) is 13.0 Å². The molecule has 1 heterocycles. The highest BCUT2D eigenvalue weighted by molar-refractivity contribution is 5.76. The van der Waals surface area contributed by atoms with Gasteiger partial charge in [-0.2, -0.15) is 0 Å². The van der Waals surface area contributed by atoms with E-state index in [1.165, 1.54) is 12.0 Å². The summed E-state index contributed by atoms with van der Waals surface area (Å²) < 4.78 is 9.99. The number of aliphatic hydroxyl groups excluding tert-OH is 2. The van der Waals surface area contributed by atoms with Crippen molar-refractivity contribution in [2.75, 3.05) is 13.7 Å². The molecule has 3 atom stereocenters. The highest BCUT2D eigenvalue weighted by Crippen LogP contribution is 2.23. The summed E-state index contributed by atoms with van der Waals surface area (Å²) in [6.07, 6.45) is -1.63. The third-order valence-corrected chi connectivity index (χ3v) is 2.53. The maximum Gasteiger partial charge on any atom is 0.323 e. The number of hydrogen-bond donors (Lipinski definition) is 2. The van der Waals surface area contributed by atoms with Gasteiger partial charge in [-0.15, -0.1) is 0 Å². The average molecular weight is 247 g/mol. The lowest BCUT2D eigenvalue weighted by Gasteiger charge is -2.32. The minimum Gasteiger partial charge on any atom is -0.468 e. The Morgan fingerprint density at radius 1 is 1.47 bits per heavy atom. The fourth-order valence-corrected chi connectivity index (χ4v) is 1.83. The van der Waals surface area contributed by atoms with Gasteiger partial charge in [-0.3, -0.25) is 4.79 Å².